The van der Waals surface area contributed by atoms with Gasteiger partial charge in [0, 0.05) is 5.56 Å². The Morgan fingerprint density at radius 3 is 2.69 bits per heavy atom. The summed E-state index contributed by atoms with van der Waals surface area (Å²) >= 11 is 0. The number of phenolic OH excluding ortho intramolecular Hbond substituents is 1. The van der Waals surface area contributed by atoms with Gasteiger partial charge in [-0.2, -0.15) is 0 Å². The molecule has 1 aliphatic rings. The standard InChI is InChI=1S/C30H29N3O2/c1-4-5-11-22(20(2)3)12-17-27-30(33-28(35)18-21-9-7-6-8-10-21)32-26-16-13-23-19-24(34)14-15-25(23)29(26)31-27/h4-12,14-15,17,19,34H,2,13,16,18H2,1,3H3,(H,32,33,35)/b5-4-,17-12+,22-11-. The summed E-state index contributed by atoms with van der Waals surface area (Å²) in [5, 5.41) is 12.9. The van der Waals surface area contributed by atoms with E-state index in [9.17, 15) is 9.90 Å². The molecule has 0 radical (unpaired) electrons. The Balaban J connectivity index is 1.74. The Hall–Kier alpha value is -4.25. The van der Waals surface area contributed by atoms with Gasteiger partial charge in [-0.3, -0.25) is 4.79 Å². The first-order valence-electron chi connectivity index (χ1n) is 11.7. The first kappa shape index (κ1) is 23.9. The zero-order chi connectivity index (χ0) is 24.8. The lowest BCUT2D eigenvalue weighted by molar-refractivity contribution is -0.115. The number of amides is 1. The summed E-state index contributed by atoms with van der Waals surface area (Å²) in [4.78, 5) is 22.6. The molecule has 0 aliphatic heterocycles. The highest BCUT2D eigenvalue weighted by molar-refractivity contribution is 5.93. The van der Waals surface area contributed by atoms with Crippen molar-refractivity contribution in [2.75, 3.05) is 5.32 Å². The summed E-state index contributed by atoms with van der Waals surface area (Å²) in [5.41, 5.74) is 6.98. The number of nitrogens with one attached hydrogen (secondary N) is 1. The predicted octanol–water partition coefficient (Wildman–Crippen LogP) is 6.22. The third-order valence-electron chi connectivity index (χ3n) is 5.82. The maximum atomic E-state index is 12.9. The van der Waals surface area contributed by atoms with E-state index in [0.29, 0.717) is 17.9 Å². The van der Waals surface area contributed by atoms with Crippen LogP contribution < -0.4 is 5.32 Å². The lowest BCUT2D eigenvalue weighted by Gasteiger charge is -2.20. The molecule has 4 rings (SSSR count). The number of hydrogen-bond acceptors (Lipinski definition) is 4. The number of phenols is 1. The number of aromatic nitrogens is 2. The third-order valence-corrected chi connectivity index (χ3v) is 5.82. The fourth-order valence-electron chi connectivity index (χ4n) is 4.02. The normalized spacial score (nSPS) is 13.0. The minimum Gasteiger partial charge on any atom is -0.508 e. The maximum Gasteiger partial charge on any atom is 0.230 e. The SMILES string of the molecule is C=C(C)C(=C\C=C/C)/C=C/c1nc2c(nc1NC(=O)Cc1ccccc1)CCc1cc(O)ccc1-2. The van der Waals surface area contributed by atoms with Gasteiger partial charge >= 0.3 is 0 Å². The molecular weight excluding hydrogens is 434 g/mol. The van der Waals surface area contributed by atoms with Gasteiger partial charge in [0.05, 0.1) is 17.8 Å². The molecule has 1 aliphatic carbocycles. The van der Waals surface area contributed by atoms with Gasteiger partial charge in [0.2, 0.25) is 5.91 Å². The molecule has 1 heterocycles. The van der Waals surface area contributed by atoms with Crippen LogP contribution in [0.25, 0.3) is 17.3 Å². The molecule has 5 nitrogen and oxygen atoms in total. The first-order chi connectivity index (χ1) is 16.9. The fourth-order valence-corrected chi connectivity index (χ4v) is 4.02. The van der Waals surface area contributed by atoms with E-state index in [4.69, 9.17) is 9.97 Å². The molecule has 176 valence electrons. The number of rotatable bonds is 7. The second-order valence-electron chi connectivity index (χ2n) is 8.57. The van der Waals surface area contributed by atoms with Gasteiger partial charge < -0.3 is 10.4 Å². The molecule has 35 heavy (non-hydrogen) atoms. The molecule has 0 saturated heterocycles. The van der Waals surface area contributed by atoms with Gasteiger partial charge in [0.25, 0.3) is 0 Å². The van der Waals surface area contributed by atoms with Crippen molar-refractivity contribution in [3.05, 3.63) is 113 Å². The van der Waals surface area contributed by atoms with E-state index in [0.717, 1.165) is 45.6 Å². The molecule has 2 aromatic carbocycles. The maximum absolute atomic E-state index is 12.9. The van der Waals surface area contributed by atoms with E-state index in [1.54, 1.807) is 12.1 Å². The first-order valence-corrected chi connectivity index (χ1v) is 11.7. The summed E-state index contributed by atoms with van der Waals surface area (Å²) in [6.07, 6.45) is 11.4. The monoisotopic (exact) mass is 463 g/mol. The van der Waals surface area contributed by atoms with Crippen LogP contribution in [0.15, 0.2) is 90.6 Å². The van der Waals surface area contributed by atoms with Crippen molar-refractivity contribution in [1.82, 2.24) is 9.97 Å². The number of aryl methyl sites for hydroxylation is 2. The number of carbonyl (C=O) groups is 1. The van der Waals surface area contributed by atoms with Gasteiger partial charge in [0.15, 0.2) is 5.82 Å². The van der Waals surface area contributed by atoms with Gasteiger partial charge in [-0.05, 0) is 67.7 Å². The molecular formula is C30H29N3O2. The van der Waals surface area contributed by atoms with Crippen molar-refractivity contribution < 1.29 is 9.90 Å². The number of aromatic hydroxyl groups is 1. The number of nitrogens with zero attached hydrogens (tertiary/aromatic N) is 2. The number of benzene rings is 2. The van der Waals surface area contributed by atoms with E-state index in [1.165, 1.54) is 0 Å². The van der Waals surface area contributed by atoms with Crippen LogP contribution in [0.1, 0.15) is 36.4 Å². The summed E-state index contributed by atoms with van der Waals surface area (Å²) in [6.45, 7) is 7.97. The fraction of sp³-hybridized carbons (Fsp3) is 0.167. The van der Waals surface area contributed by atoms with Gasteiger partial charge in [-0.25, -0.2) is 9.97 Å². The van der Waals surface area contributed by atoms with E-state index < -0.39 is 0 Å². The zero-order valence-corrected chi connectivity index (χ0v) is 20.1. The molecule has 2 N–H and O–H groups in total. The van der Waals surface area contributed by atoms with Crippen LogP contribution in [0.2, 0.25) is 0 Å². The lowest BCUT2D eigenvalue weighted by atomic mass is 9.91. The Morgan fingerprint density at radius 2 is 1.94 bits per heavy atom. The average molecular weight is 464 g/mol. The van der Waals surface area contributed by atoms with Crippen molar-refractivity contribution in [2.24, 2.45) is 0 Å². The molecule has 1 amide bonds. The van der Waals surface area contributed by atoms with Gasteiger partial charge in [-0.1, -0.05) is 66.8 Å². The van der Waals surface area contributed by atoms with Crippen LogP contribution in [-0.4, -0.2) is 21.0 Å². The highest BCUT2D eigenvalue weighted by atomic mass is 16.3. The number of anilines is 1. The average Bonchev–Trinajstić information content (AvgIpc) is 2.84. The highest BCUT2D eigenvalue weighted by Gasteiger charge is 2.22. The molecule has 0 unspecified atom stereocenters. The molecule has 3 aromatic rings. The molecule has 5 heteroatoms. The van der Waals surface area contributed by atoms with E-state index in [-0.39, 0.29) is 18.1 Å². The van der Waals surface area contributed by atoms with Crippen LogP contribution in [-0.2, 0) is 24.1 Å². The van der Waals surface area contributed by atoms with Crippen molar-refractivity contribution in [1.29, 1.82) is 0 Å². The molecule has 0 bridgehead atoms. The van der Waals surface area contributed by atoms with E-state index >= 15 is 0 Å². The highest BCUT2D eigenvalue weighted by Crippen LogP contribution is 2.35. The van der Waals surface area contributed by atoms with E-state index in [1.807, 2.05) is 80.6 Å². The van der Waals surface area contributed by atoms with Crippen LogP contribution in [0.5, 0.6) is 5.75 Å². The van der Waals surface area contributed by atoms with Crippen molar-refractivity contribution in [3.63, 3.8) is 0 Å². The largest absolute Gasteiger partial charge is 0.508 e. The Kier molecular flexibility index (Phi) is 7.36. The van der Waals surface area contributed by atoms with Crippen LogP contribution in [0.4, 0.5) is 5.82 Å². The summed E-state index contributed by atoms with van der Waals surface area (Å²) in [7, 11) is 0. The van der Waals surface area contributed by atoms with Crippen LogP contribution in [0, 0.1) is 0 Å². The quantitative estimate of drug-likeness (QED) is 0.408. The predicted molar refractivity (Wildman–Crippen MR) is 142 cm³/mol. The minimum absolute atomic E-state index is 0.147. The van der Waals surface area contributed by atoms with Crippen LogP contribution in [0.3, 0.4) is 0 Å². The van der Waals surface area contributed by atoms with Crippen molar-refractivity contribution >= 4 is 17.8 Å². The van der Waals surface area contributed by atoms with Gasteiger partial charge in [0.1, 0.15) is 11.4 Å². The Bertz CT molecular complexity index is 1350. The summed E-state index contributed by atoms with van der Waals surface area (Å²) in [5.74, 6) is 0.534. The zero-order valence-electron chi connectivity index (χ0n) is 20.1. The topological polar surface area (TPSA) is 75.1 Å². The molecule has 0 atom stereocenters. The Labute approximate surface area is 206 Å². The molecule has 0 saturated carbocycles. The lowest BCUT2D eigenvalue weighted by Crippen LogP contribution is -2.19. The molecule has 0 fully saturated rings. The second-order valence-corrected chi connectivity index (χ2v) is 8.57. The number of allylic oxidation sites excluding steroid dienone is 6. The number of hydrogen-bond donors (Lipinski definition) is 2. The second kappa shape index (κ2) is 10.8. The molecule has 1 aromatic heterocycles. The van der Waals surface area contributed by atoms with E-state index in [2.05, 4.69) is 11.9 Å². The third kappa shape index (κ3) is 5.82. The minimum atomic E-state index is -0.147. The van der Waals surface area contributed by atoms with Crippen molar-refractivity contribution in [2.45, 2.75) is 33.1 Å². The summed E-state index contributed by atoms with van der Waals surface area (Å²) < 4.78 is 0. The van der Waals surface area contributed by atoms with Gasteiger partial charge in [-0.15, -0.1) is 0 Å². The van der Waals surface area contributed by atoms with Crippen LogP contribution >= 0.6 is 0 Å². The number of carbonyl (C=O) groups excluding carboxylic acids is 1. The smallest absolute Gasteiger partial charge is 0.230 e. The Morgan fingerprint density at radius 1 is 1.14 bits per heavy atom. The van der Waals surface area contributed by atoms with Crippen molar-refractivity contribution in [3.8, 4) is 17.0 Å². The summed E-state index contributed by atoms with van der Waals surface area (Å²) in [6, 6.07) is 14.9. The number of fused-ring (bicyclic) bond motifs is 3. The molecule has 0 spiro atoms.